The molecule has 1 aromatic heterocycles. The lowest BCUT2D eigenvalue weighted by Crippen LogP contribution is -2.47. The molecule has 0 spiro atoms. The maximum Gasteiger partial charge on any atom is 0.332 e. The molecule has 1 unspecified atom stereocenters. The van der Waals surface area contributed by atoms with Gasteiger partial charge < -0.3 is 16.4 Å². The second kappa shape index (κ2) is 7.36. The van der Waals surface area contributed by atoms with Crippen LogP contribution in [-0.2, 0) is 13.6 Å². The maximum atomic E-state index is 13.7. The fourth-order valence-electron chi connectivity index (χ4n) is 3.39. The van der Waals surface area contributed by atoms with Crippen LogP contribution in [0.4, 0.5) is 10.2 Å². The van der Waals surface area contributed by atoms with E-state index in [9.17, 15) is 18.8 Å². The molecule has 0 aliphatic carbocycles. The molecule has 144 valence electrons. The maximum absolute atomic E-state index is 13.7. The highest BCUT2D eigenvalue weighted by Crippen LogP contribution is 2.19. The zero-order chi connectivity index (χ0) is 19.7. The van der Waals surface area contributed by atoms with Crippen molar-refractivity contribution in [1.82, 2.24) is 9.13 Å². The van der Waals surface area contributed by atoms with Gasteiger partial charge in [-0.1, -0.05) is 0 Å². The van der Waals surface area contributed by atoms with Crippen LogP contribution < -0.4 is 27.6 Å². The van der Waals surface area contributed by atoms with Crippen LogP contribution >= 0.6 is 0 Å². The minimum Gasteiger partial charge on any atom is -0.366 e. The van der Waals surface area contributed by atoms with Crippen LogP contribution in [0.3, 0.4) is 0 Å². The van der Waals surface area contributed by atoms with Crippen molar-refractivity contribution < 1.29 is 9.18 Å². The third-order valence-electron chi connectivity index (χ3n) is 4.82. The molecular weight excluding hydrogens is 353 g/mol. The van der Waals surface area contributed by atoms with Crippen molar-refractivity contribution in [2.75, 3.05) is 18.0 Å². The van der Waals surface area contributed by atoms with Crippen molar-refractivity contribution in [3.05, 3.63) is 62.0 Å². The fraction of sp³-hybridized carbons (Fsp3) is 0.389. The van der Waals surface area contributed by atoms with E-state index < -0.39 is 23.0 Å². The van der Waals surface area contributed by atoms with Gasteiger partial charge in [-0.15, -0.1) is 0 Å². The molecule has 0 radical (unpaired) electrons. The molecule has 1 amide bonds. The van der Waals surface area contributed by atoms with E-state index in [2.05, 4.69) is 0 Å². The zero-order valence-corrected chi connectivity index (χ0v) is 15.0. The minimum atomic E-state index is -0.718. The lowest BCUT2D eigenvalue weighted by atomic mass is 10.1. The third kappa shape index (κ3) is 3.77. The van der Waals surface area contributed by atoms with Crippen molar-refractivity contribution in [3.8, 4) is 0 Å². The molecule has 2 heterocycles. The van der Waals surface area contributed by atoms with Crippen LogP contribution in [0.1, 0.15) is 28.8 Å². The lowest BCUT2D eigenvalue weighted by molar-refractivity contribution is 0.0999. The summed E-state index contributed by atoms with van der Waals surface area (Å²) in [5.41, 5.74) is 10.8. The Morgan fingerprint density at radius 1 is 1.30 bits per heavy atom. The van der Waals surface area contributed by atoms with Crippen LogP contribution in [0.2, 0.25) is 0 Å². The molecule has 1 aliphatic heterocycles. The molecule has 9 heteroatoms. The van der Waals surface area contributed by atoms with E-state index in [-0.39, 0.29) is 23.7 Å². The monoisotopic (exact) mass is 375 g/mol. The van der Waals surface area contributed by atoms with Gasteiger partial charge in [0.05, 0.1) is 6.54 Å². The Kier molecular flexibility index (Phi) is 5.13. The number of hydrogen-bond donors (Lipinski definition) is 2. The average Bonchev–Trinajstić information content (AvgIpc) is 2.61. The fourth-order valence-corrected chi connectivity index (χ4v) is 3.39. The smallest absolute Gasteiger partial charge is 0.332 e. The number of nitrogens with two attached hydrogens (primary N) is 2. The van der Waals surface area contributed by atoms with Crippen LogP contribution in [-0.4, -0.2) is 34.2 Å². The van der Waals surface area contributed by atoms with E-state index in [1.165, 1.54) is 29.8 Å². The van der Waals surface area contributed by atoms with Gasteiger partial charge in [0, 0.05) is 37.8 Å². The number of aromatic nitrogens is 2. The Morgan fingerprint density at radius 3 is 2.70 bits per heavy atom. The molecule has 3 rings (SSSR count). The van der Waals surface area contributed by atoms with Gasteiger partial charge in [-0.3, -0.25) is 18.7 Å². The van der Waals surface area contributed by atoms with Gasteiger partial charge in [0.2, 0.25) is 5.91 Å². The van der Waals surface area contributed by atoms with E-state index in [4.69, 9.17) is 11.5 Å². The van der Waals surface area contributed by atoms with E-state index in [0.29, 0.717) is 18.9 Å². The molecule has 0 saturated carbocycles. The summed E-state index contributed by atoms with van der Waals surface area (Å²) >= 11 is 0. The van der Waals surface area contributed by atoms with Gasteiger partial charge in [0.15, 0.2) is 0 Å². The summed E-state index contributed by atoms with van der Waals surface area (Å²) in [5.74, 6) is -0.864. The molecule has 2 aromatic rings. The summed E-state index contributed by atoms with van der Waals surface area (Å²) in [5, 5.41) is 0. The average molecular weight is 375 g/mol. The van der Waals surface area contributed by atoms with Gasteiger partial charge in [0.1, 0.15) is 11.6 Å². The Labute approximate surface area is 154 Å². The number of piperidine rings is 1. The number of primary amides is 1. The van der Waals surface area contributed by atoms with Gasteiger partial charge in [0.25, 0.3) is 5.56 Å². The lowest BCUT2D eigenvalue weighted by Gasteiger charge is -2.34. The summed E-state index contributed by atoms with van der Waals surface area (Å²) < 4.78 is 16.1. The standard InChI is InChI=1S/C18H22FN5O3/c1-22-16(25)8-15(23-6-2-3-13(20)10-23)24(18(22)27)9-11-7-12(19)4-5-14(11)17(21)26/h4-5,7-8,13H,2-3,6,9-10,20H2,1H3,(H2,21,26). The number of hydrogen-bond acceptors (Lipinski definition) is 5. The normalized spacial score (nSPS) is 17.1. The van der Waals surface area contributed by atoms with Crippen molar-refractivity contribution in [1.29, 1.82) is 0 Å². The van der Waals surface area contributed by atoms with Crippen molar-refractivity contribution in [2.45, 2.75) is 25.4 Å². The summed E-state index contributed by atoms with van der Waals surface area (Å²) in [6.07, 6.45) is 1.69. The predicted molar refractivity (Wildman–Crippen MR) is 99.4 cm³/mol. The van der Waals surface area contributed by atoms with Gasteiger partial charge in [-0.2, -0.15) is 0 Å². The Bertz CT molecular complexity index is 997. The summed E-state index contributed by atoms with van der Waals surface area (Å²) in [6, 6.07) is 4.89. The van der Waals surface area contributed by atoms with E-state index in [0.717, 1.165) is 23.5 Å². The summed E-state index contributed by atoms with van der Waals surface area (Å²) in [4.78, 5) is 38.5. The van der Waals surface area contributed by atoms with Crippen molar-refractivity contribution >= 4 is 11.7 Å². The first-order chi connectivity index (χ1) is 12.8. The molecule has 8 nitrogen and oxygen atoms in total. The van der Waals surface area contributed by atoms with Crippen LogP contribution in [0.5, 0.6) is 0 Å². The highest BCUT2D eigenvalue weighted by Gasteiger charge is 2.22. The Hall–Kier alpha value is -2.94. The van der Waals surface area contributed by atoms with Crippen molar-refractivity contribution in [2.24, 2.45) is 18.5 Å². The van der Waals surface area contributed by atoms with Crippen LogP contribution in [0.15, 0.2) is 33.9 Å². The molecule has 1 aromatic carbocycles. The van der Waals surface area contributed by atoms with Crippen LogP contribution in [0.25, 0.3) is 0 Å². The number of rotatable bonds is 4. The number of halogens is 1. The quantitative estimate of drug-likeness (QED) is 0.765. The number of carbonyl (C=O) groups is 1. The van der Waals surface area contributed by atoms with E-state index in [1.807, 2.05) is 4.90 Å². The summed E-state index contributed by atoms with van der Waals surface area (Å²) in [7, 11) is 1.37. The molecule has 4 N–H and O–H groups in total. The predicted octanol–water partition coefficient (Wildman–Crippen LogP) is -0.239. The van der Waals surface area contributed by atoms with Crippen molar-refractivity contribution in [3.63, 3.8) is 0 Å². The largest absolute Gasteiger partial charge is 0.366 e. The van der Waals surface area contributed by atoms with Gasteiger partial charge in [-0.25, -0.2) is 9.18 Å². The van der Waals surface area contributed by atoms with E-state index in [1.54, 1.807) is 0 Å². The second-order valence-electron chi connectivity index (χ2n) is 6.78. The Balaban J connectivity index is 2.14. The van der Waals surface area contributed by atoms with Crippen LogP contribution in [0, 0.1) is 5.82 Å². The molecule has 1 saturated heterocycles. The molecule has 0 bridgehead atoms. The number of amides is 1. The van der Waals surface area contributed by atoms with E-state index >= 15 is 0 Å². The SMILES string of the molecule is Cn1c(=O)cc(N2CCCC(N)C2)n(Cc2cc(F)ccc2C(N)=O)c1=O. The highest BCUT2D eigenvalue weighted by atomic mass is 19.1. The highest BCUT2D eigenvalue weighted by molar-refractivity contribution is 5.94. The molecule has 1 aliphatic rings. The second-order valence-corrected chi connectivity index (χ2v) is 6.78. The molecule has 1 fully saturated rings. The minimum absolute atomic E-state index is 0.0679. The topological polar surface area (TPSA) is 116 Å². The number of benzene rings is 1. The molecule has 27 heavy (non-hydrogen) atoms. The zero-order valence-electron chi connectivity index (χ0n) is 15.0. The van der Waals surface area contributed by atoms with Gasteiger partial charge in [-0.05, 0) is 36.6 Å². The number of nitrogens with zero attached hydrogens (tertiary/aromatic N) is 3. The number of carbonyl (C=O) groups excluding carboxylic acids is 1. The molecular formula is C18H22FN5O3. The first-order valence-electron chi connectivity index (χ1n) is 8.67. The van der Waals surface area contributed by atoms with Gasteiger partial charge >= 0.3 is 5.69 Å². The first kappa shape index (κ1) is 18.8. The number of anilines is 1. The first-order valence-corrected chi connectivity index (χ1v) is 8.67. The Morgan fingerprint density at radius 2 is 2.04 bits per heavy atom. The molecule has 1 atom stereocenters. The third-order valence-corrected chi connectivity index (χ3v) is 4.82. The summed E-state index contributed by atoms with van der Waals surface area (Å²) in [6.45, 7) is 1.05.